The molecule has 0 unspecified atom stereocenters. The monoisotopic (exact) mass is 226 g/mol. The predicted octanol–water partition coefficient (Wildman–Crippen LogP) is 2.59. The van der Waals surface area contributed by atoms with Gasteiger partial charge in [0.05, 0.1) is 0 Å². The van der Waals surface area contributed by atoms with Gasteiger partial charge in [0.2, 0.25) is 0 Å². The van der Waals surface area contributed by atoms with Crippen LogP contribution in [0.1, 0.15) is 0 Å². The summed E-state index contributed by atoms with van der Waals surface area (Å²) >= 11 is 3.26. The van der Waals surface area contributed by atoms with Gasteiger partial charge in [-0.15, -0.1) is 0 Å². The molecule has 12 heavy (non-hydrogen) atoms. The van der Waals surface area contributed by atoms with Crippen LogP contribution in [0, 0.1) is 0 Å². The number of rotatable bonds is 3. The Bertz CT molecular complexity index is 284. The van der Waals surface area contributed by atoms with Crippen molar-refractivity contribution in [2.24, 2.45) is 0 Å². The molecule has 3 N–H and O–H groups in total. The standard InChI is InChI=1S/C9H11BrN2/c1-7(10)6-12-9-4-2-3-8(11)5-9/h2-5,12H,1,6,11H2. The lowest BCUT2D eigenvalue weighted by atomic mass is 10.3. The summed E-state index contributed by atoms with van der Waals surface area (Å²) in [5.41, 5.74) is 7.36. The zero-order valence-electron chi connectivity index (χ0n) is 6.68. The zero-order chi connectivity index (χ0) is 8.97. The molecule has 3 heteroatoms. The van der Waals surface area contributed by atoms with Crippen molar-refractivity contribution in [1.82, 2.24) is 0 Å². The first-order valence-electron chi connectivity index (χ1n) is 3.61. The highest BCUT2D eigenvalue weighted by Gasteiger charge is 1.91. The minimum atomic E-state index is 0.712. The molecule has 0 heterocycles. The molecule has 0 saturated heterocycles. The van der Waals surface area contributed by atoms with E-state index in [9.17, 15) is 0 Å². The molecule has 0 radical (unpaired) electrons. The van der Waals surface area contributed by atoms with Crippen LogP contribution in [0.3, 0.4) is 0 Å². The molecule has 1 rings (SSSR count). The van der Waals surface area contributed by atoms with Gasteiger partial charge in [-0.2, -0.15) is 0 Å². The number of nitrogens with one attached hydrogen (secondary N) is 1. The molecule has 64 valence electrons. The second kappa shape index (κ2) is 4.16. The number of hydrogen-bond acceptors (Lipinski definition) is 2. The summed E-state index contributed by atoms with van der Waals surface area (Å²) in [5, 5.41) is 3.16. The van der Waals surface area contributed by atoms with E-state index in [0.29, 0.717) is 6.54 Å². The Labute approximate surface area is 80.6 Å². The van der Waals surface area contributed by atoms with Crippen LogP contribution in [0.25, 0.3) is 0 Å². The van der Waals surface area contributed by atoms with Crippen molar-refractivity contribution in [1.29, 1.82) is 0 Å². The SMILES string of the molecule is C=C(Br)CNc1cccc(N)c1. The Morgan fingerprint density at radius 1 is 1.58 bits per heavy atom. The zero-order valence-corrected chi connectivity index (χ0v) is 8.26. The van der Waals surface area contributed by atoms with E-state index in [2.05, 4.69) is 27.8 Å². The largest absolute Gasteiger partial charge is 0.399 e. The second-order valence-corrected chi connectivity index (χ2v) is 3.62. The number of nitrogen functional groups attached to an aromatic ring is 1. The van der Waals surface area contributed by atoms with E-state index in [-0.39, 0.29) is 0 Å². The van der Waals surface area contributed by atoms with Gasteiger partial charge in [-0.05, 0) is 18.2 Å². The van der Waals surface area contributed by atoms with Gasteiger partial charge in [0, 0.05) is 22.4 Å². The van der Waals surface area contributed by atoms with Crippen molar-refractivity contribution in [3.63, 3.8) is 0 Å². The van der Waals surface area contributed by atoms with E-state index in [1.165, 1.54) is 0 Å². The van der Waals surface area contributed by atoms with Crippen molar-refractivity contribution in [2.45, 2.75) is 0 Å². The Balaban J connectivity index is 2.57. The fraction of sp³-hybridized carbons (Fsp3) is 0.111. The first-order valence-corrected chi connectivity index (χ1v) is 4.40. The Morgan fingerprint density at radius 2 is 2.33 bits per heavy atom. The molecule has 0 fully saturated rings. The molecule has 0 aliphatic carbocycles. The fourth-order valence-electron chi connectivity index (χ4n) is 0.847. The van der Waals surface area contributed by atoms with Crippen molar-refractivity contribution < 1.29 is 0 Å². The maximum absolute atomic E-state index is 5.59. The minimum Gasteiger partial charge on any atom is -0.399 e. The van der Waals surface area contributed by atoms with Crippen LogP contribution in [0.2, 0.25) is 0 Å². The molecule has 0 aliphatic heterocycles. The molecule has 0 spiro atoms. The Kier molecular flexibility index (Phi) is 3.17. The van der Waals surface area contributed by atoms with E-state index in [1.54, 1.807) is 0 Å². The average molecular weight is 227 g/mol. The number of anilines is 2. The number of halogens is 1. The van der Waals surface area contributed by atoms with Crippen LogP contribution in [0.15, 0.2) is 35.3 Å². The van der Waals surface area contributed by atoms with Crippen LogP contribution < -0.4 is 11.1 Å². The third-order valence-corrected chi connectivity index (χ3v) is 1.65. The lowest BCUT2D eigenvalue weighted by Gasteiger charge is -2.04. The number of benzene rings is 1. The molecule has 1 aromatic rings. The molecule has 0 amide bonds. The highest BCUT2D eigenvalue weighted by Crippen LogP contribution is 2.12. The normalized spacial score (nSPS) is 9.42. The summed E-state index contributed by atoms with van der Waals surface area (Å²) in [6.45, 7) is 4.43. The molecule has 0 aromatic heterocycles. The molecule has 0 aliphatic rings. The molecule has 0 saturated carbocycles. The molecule has 1 aromatic carbocycles. The van der Waals surface area contributed by atoms with Crippen LogP contribution in [-0.4, -0.2) is 6.54 Å². The number of nitrogens with two attached hydrogens (primary N) is 1. The van der Waals surface area contributed by atoms with Gasteiger partial charge in [-0.25, -0.2) is 0 Å². The summed E-state index contributed by atoms with van der Waals surface area (Å²) in [6, 6.07) is 7.62. The molecule has 2 nitrogen and oxygen atoms in total. The number of hydrogen-bond donors (Lipinski definition) is 2. The lowest BCUT2D eigenvalue weighted by molar-refractivity contribution is 1.33. The van der Waals surface area contributed by atoms with Gasteiger partial charge in [0.25, 0.3) is 0 Å². The van der Waals surface area contributed by atoms with E-state index < -0.39 is 0 Å². The summed E-state index contributed by atoms with van der Waals surface area (Å²) in [7, 11) is 0. The molecular weight excluding hydrogens is 216 g/mol. The minimum absolute atomic E-state index is 0.712. The van der Waals surface area contributed by atoms with Crippen LogP contribution in [-0.2, 0) is 0 Å². The van der Waals surface area contributed by atoms with Gasteiger partial charge < -0.3 is 11.1 Å². The predicted molar refractivity (Wildman–Crippen MR) is 57.4 cm³/mol. The van der Waals surface area contributed by atoms with Crippen LogP contribution >= 0.6 is 15.9 Å². The first-order chi connectivity index (χ1) is 5.68. The maximum Gasteiger partial charge on any atom is 0.0460 e. The molecular formula is C9H11BrN2. The van der Waals surface area contributed by atoms with Crippen molar-refractivity contribution in [3.05, 3.63) is 35.3 Å². The topological polar surface area (TPSA) is 38.0 Å². The van der Waals surface area contributed by atoms with Crippen molar-refractivity contribution in [3.8, 4) is 0 Å². The van der Waals surface area contributed by atoms with Gasteiger partial charge in [0.15, 0.2) is 0 Å². The van der Waals surface area contributed by atoms with Gasteiger partial charge in [0.1, 0.15) is 0 Å². The second-order valence-electron chi connectivity index (χ2n) is 2.50. The van der Waals surface area contributed by atoms with Crippen molar-refractivity contribution in [2.75, 3.05) is 17.6 Å². The summed E-state index contributed by atoms with van der Waals surface area (Å²) in [4.78, 5) is 0. The van der Waals surface area contributed by atoms with Crippen molar-refractivity contribution >= 4 is 27.3 Å². The highest BCUT2D eigenvalue weighted by atomic mass is 79.9. The third-order valence-electron chi connectivity index (χ3n) is 1.37. The quantitative estimate of drug-likeness (QED) is 0.779. The third kappa shape index (κ3) is 2.96. The Hall–Kier alpha value is -0.960. The maximum atomic E-state index is 5.59. The highest BCUT2D eigenvalue weighted by molar-refractivity contribution is 9.11. The molecule has 0 atom stereocenters. The van der Waals surface area contributed by atoms with Gasteiger partial charge >= 0.3 is 0 Å². The van der Waals surface area contributed by atoms with Gasteiger partial charge in [-0.1, -0.05) is 28.6 Å². The molecule has 0 bridgehead atoms. The lowest BCUT2D eigenvalue weighted by Crippen LogP contribution is -2.00. The van der Waals surface area contributed by atoms with Crippen LogP contribution in [0.4, 0.5) is 11.4 Å². The van der Waals surface area contributed by atoms with Crippen LogP contribution in [0.5, 0.6) is 0 Å². The summed E-state index contributed by atoms with van der Waals surface area (Å²) < 4.78 is 0.921. The summed E-state index contributed by atoms with van der Waals surface area (Å²) in [5.74, 6) is 0. The first kappa shape index (κ1) is 9.13. The van der Waals surface area contributed by atoms with E-state index in [0.717, 1.165) is 15.9 Å². The van der Waals surface area contributed by atoms with E-state index in [1.807, 2.05) is 24.3 Å². The Morgan fingerprint density at radius 3 is 2.92 bits per heavy atom. The average Bonchev–Trinajstić information content (AvgIpc) is 2.01. The van der Waals surface area contributed by atoms with Gasteiger partial charge in [-0.3, -0.25) is 0 Å². The van der Waals surface area contributed by atoms with E-state index >= 15 is 0 Å². The van der Waals surface area contributed by atoms with E-state index in [4.69, 9.17) is 5.73 Å². The smallest absolute Gasteiger partial charge is 0.0460 e. The summed E-state index contributed by atoms with van der Waals surface area (Å²) in [6.07, 6.45) is 0. The fourth-order valence-corrected chi connectivity index (χ4v) is 0.987.